The summed E-state index contributed by atoms with van der Waals surface area (Å²) >= 11 is 5.73. The number of nitrogens with zero attached hydrogens (tertiary/aromatic N) is 2. The maximum Gasteiger partial charge on any atom is 0.256 e. The van der Waals surface area contributed by atoms with Crippen LogP contribution in [0.15, 0.2) is 24.9 Å². The zero-order chi connectivity index (χ0) is 12.1. The van der Waals surface area contributed by atoms with Crippen LogP contribution in [-0.2, 0) is 0 Å². The van der Waals surface area contributed by atoms with Crippen LogP contribution in [0.2, 0.25) is 5.15 Å². The van der Waals surface area contributed by atoms with E-state index in [2.05, 4.69) is 11.6 Å². The molecule has 0 aromatic carbocycles. The fourth-order valence-electron chi connectivity index (χ4n) is 1.31. The largest absolute Gasteiger partial charge is 0.397 e. The van der Waals surface area contributed by atoms with E-state index in [1.54, 1.807) is 11.0 Å². The lowest BCUT2D eigenvalue weighted by Gasteiger charge is -2.19. The fourth-order valence-corrected chi connectivity index (χ4v) is 1.47. The van der Waals surface area contributed by atoms with Gasteiger partial charge in [-0.3, -0.25) is 4.79 Å². The van der Waals surface area contributed by atoms with Gasteiger partial charge in [0, 0.05) is 13.1 Å². The summed E-state index contributed by atoms with van der Waals surface area (Å²) in [6.07, 6.45) is 3.05. The number of carbonyl (C=O) groups excluding carboxylic acids is 1. The highest BCUT2D eigenvalue weighted by molar-refractivity contribution is 6.29. The first-order chi connectivity index (χ1) is 7.60. The molecule has 0 spiro atoms. The van der Waals surface area contributed by atoms with Crippen molar-refractivity contribution in [2.75, 3.05) is 18.8 Å². The van der Waals surface area contributed by atoms with E-state index in [9.17, 15) is 4.79 Å². The molecule has 2 N–H and O–H groups in total. The third kappa shape index (κ3) is 2.73. The molecular weight excluding hydrogens is 226 g/mol. The van der Waals surface area contributed by atoms with E-state index < -0.39 is 0 Å². The molecule has 1 amide bonds. The molecule has 5 heteroatoms. The molecule has 0 atom stereocenters. The second-order valence-corrected chi connectivity index (χ2v) is 3.61. The van der Waals surface area contributed by atoms with Gasteiger partial charge in [-0.25, -0.2) is 4.98 Å². The first-order valence-electron chi connectivity index (χ1n) is 4.91. The predicted octanol–water partition coefficient (Wildman–Crippen LogP) is 1.97. The minimum Gasteiger partial charge on any atom is -0.397 e. The molecule has 0 aliphatic rings. The van der Waals surface area contributed by atoms with Crippen molar-refractivity contribution in [3.63, 3.8) is 0 Å². The van der Waals surface area contributed by atoms with Crippen molar-refractivity contribution in [1.29, 1.82) is 0 Å². The lowest BCUT2D eigenvalue weighted by Crippen LogP contribution is -2.31. The molecule has 1 aromatic heterocycles. The Kier molecular flexibility index (Phi) is 4.31. The van der Waals surface area contributed by atoms with Crippen molar-refractivity contribution in [2.45, 2.75) is 6.92 Å². The molecule has 86 valence electrons. The molecule has 1 heterocycles. The number of carbonyl (C=O) groups is 1. The minimum atomic E-state index is -0.163. The molecule has 1 rings (SSSR count). The number of likely N-dealkylation sites (N-methyl/N-ethyl adjacent to an activating group) is 1. The van der Waals surface area contributed by atoms with Crippen LogP contribution in [0.25, 0.3) is 0 Å². The zero-order valence-electron chi connectivity index (χ0n) is 9.11. The van der Waals surface area contributed by atoms with Gasteiger partial charge in [0.25, 0.3) is 5.91 Å². The van der Waals surface area contributed by atoms with Gasteiger partial charge in [-0.15, -0.1) is 6.58 Å². The molecule has 0 radical (unpaired) electrons. The lowest BCUT2D eigenvalue weighted by molar-refractivity contribution is 0.0783. The van der Waals surface area contributed by atoms with Gasteiger partial charge in [-0.05, 0) is 13.0 Å². The highest BCUT2D eigenvalue weighted by atomic mass is 35.5. The monoisotopic (exact) mass is 239 g/mol. The van der Waals surface area contributed by atoms with Gasteiger partial charge >= 0.3 is 0 Å². The molecule has 0 aliphatic heterocycles. The second kappa shape index (κ2) is 5.51. The first kappa shape index (κ1) is 12.5. The summed E-state index contributed by atoms with van der Waals surface area (Å²) in [6.45, 7) is 6.56. The Labute approximate surface area is 99.7 Å². The van der Waals surface area contributed by atoms with Crippen molar-refractivity contribution in [2.24, 2.45) is 0 Å². The Morgan fingerprint density at radius 3 is 3.00 bits per heavy atom. The van der Waals surface area contributed by atoms with Crippen molar-refractivity contribution < 1.29 is 4.79 Å². The van der Waals surface area contributed by atoms with Crippen LogP contribution in [0.5, 0.6) is 0 Å². The molecule has 0 aliphatic carbocycles. The molecule has 1 aromatic rings. The summed E-state index contributed by atoms with van der Waals surface area (Å²) in [7, 11) is 0. The normalized spacial score (nSPS) is 9.88. The number of nitrogens with two attached hydrogens (primary N) is 1. The minimum absolute atomic E-state index is 0.163. The summed E-state index contributed by atoms with van der Waals surface area (Å²) in [5, 5.41) is 0.257. The molecule has 0 saturated carbocycles. The smallest absolute Gasteiger partial charge is 0.256 e. The Morgan fingerprint density at radius 1 is 1.75 bits per heavy atom. The van der Waals surface area contributed by atoms with Gasteiger partial charge in [0.15, 0.2) is 0 Å². The van der Waals surface area contributed by atoms with E-state index in [0.717, 1.165) is 0 Å². The molecule has 0 unspecified atom stereocenters. The van der Waals surface area contributed by atoms with Gasteiger partial charge in [-0.1, -0.05) is 17.7 Å². The molecule has 0 saturated heterocycles. The van der Waals surface area contributed by atoms with Crippen LogP contribution >= 0.6 is 11.6 Å². The Hall–Kier alpha value is -1.55. The predicted molar refractivity (Wildman–Crippen MR) is 65.4 cm³/mol. The van der Waals surface area contributed by atoms with Crippen LogP contribution in [0, 0.1) is 0 Å². The Morgan fingerprint density at radius 2 is 2.44 bits per heavy atom. The summed E-state index contributed by atoms with van der Waals surface area (Å²) < 4.78 is 0. The van der Waals surface area contributed by atoms with Crippen LogP contribution in [0.1, 0.15) is 17.3 Å². The van der Waals surface area contributed by atoms with Crippen molar-refractivity contribution >= 4 is 23.2 Å². The average Bonchev–Trinajstić information content (AvgIpc) is 2.28. The molecule has 4 nitrogen and oxygen atoms in total. The quantitative estimate of drug-likeness (QED) is 0.646. The van der Waals surface area contributed by atoms with Crippen molar-refractivity contribution in [3.8, 4) is 0 Å². The number of hydrogen-bond donors (Lipinski definition) is 1. The number of anilines is 1. The molecule has 0 bridgehead atoms. The third-order valence-electron chi connectivity index (χ3n) is 2.15. The summed E-state index contributed by atoms with van der Waals surface area (Å²) in [5.41, 5.74) is 6.39. The fraction of sp³-hybridized carbons (Fsp3) is 0.273. The number of rotatable bonds is 4. The number of hydrogen-bond acceptors (Lipinski definition) is 3. The van der Waals surface area contributed by atoms with Crippen LogP contribution in [0.4, 0.5) is 5.69 Å². The standard InChI is InChI=1S/C11H14ClN3O/c1-3-5-15(4-2)11(16)8-6-10(12)14-7-9(8)13/h3,6-7H,1,4-5,13H2,2H3. The highest BCUT2D eigenvalue weighted by Gasteiger charge is 2.16. The zero-order valence-corrected chi connectivity index (χ0v) is 9.87. The van der Waals surface area contributed by atoms with Gasteiger partial charge in [0.2, 0.25) is 0 Å². The van der Waals surface area contributed by atoms with E-state index in [0.29, 0.717) is 24.3 Å². The van der Waals surface area contributed by atoms with Gasteiger partial charge in [0.05, 0.1) is 17.4 Å². The Bertz CT molecular complexity index is 406. The topological polar surface area (TPSA) is 59.2 Å². The first-order valence-corrected chi connectivity index (χ1v) is 5.29. The number of amides is 1. The van der Waals surface area contributed by atoms with Crippen molar-refractivity contribution in [3.05, 3.63) is 35.6 Å². The summed E-state index contributed by atoms with van der Waals surface area (Å²) in [6, 6.07) is 1.48. The number of pyridine rings is 1. The maximum atomic E-state index is 12.1. The van der Waals surface area contributed by atoms with Gasteiger partial charge < -0.3 is 10.6 Å². The van der Waals surface area contributed by atoms with E-state index in [1.807, 2.05) is 6.92 Å². The van der Waals surface area contributed by atoms with Crippen LogP contribution < -0.4 is 5.73 Å². The van der Waals surface area contributed by atoms with E-state index in [-0.39, 0.29) is 11.1 Å². The lowest BCUT2D eigenvalue weighted by atomic mass is 10.2. The van der Waals surface area contributed by atoms with Gasteiger partial charge in [-0.2, -0.15) is 0 Å². The second-order valence-electron chi connectivity index (χ2n) is 3.23. The number of aromatic nitrogens is 1. The van der Waals surface area contributed by atoms with Crippen molar-refractivity contribution in [1.82, 2.24) is 9.88 Å². The van der Waals surface area contributed by atoms with E-state index >= 15 is 0 Å². The van der Waals surface area contributed by atoms with Crippen LogP contribution in [0.3, 0.4) is 0 Å². The summed E-state index contributed by atoms with van der Waals surface area (Å²) in [5.74, 6) is -0.163. The molecule has 16 heavy (non-hydrogen) atoms. The third-order valence-corrected chi connectivity index (χ3v) is 2.36. The van der Waals surface area contributed by atoms with E-state index in [4.69, 9.17) is 17.3 Å². The highest BCUT2D eigenvalue weighted by Crippen LogP contribution is 2.17. The maximum absolute atomic E-state index is 12.1. The number of nitrogen functional groups attached to an aromatic ring is 1. The van der Waals surface area contributed by atoms with Gasteiger partial charge in [0.1, 0.15) is 5.15 Å². The summed E-state index contributed by atoms with van der Waals surface area (Å²) in [4.78, 5) is 17.5. The number of halogens is 1. The van der Waals surface area contributed by atoms with E-state index in [1.165, 1.54) is 12.3 Å². The SMILES string of the molecule is C=CCN(CC)C(=O)c1cc(Cl)ncc1N. The molecule has 0 fully saturated rings. The molecular formula is C11H14ClN3O. The Balaban J connectivity index is 3.02. The average molecular weight is 240 g/mol. The van der Waals surface area contributed by atoms with Crippen LogP contribution in [-0.4, -0.2) is 28.9 Å².